The topological polar surface area (TPSA) is 70.3 Å². The Morgan fingerprint density at radius 3 is 2.48 bits per heavy atom. The van der Waals surface area contributed by atoms with Crippen LogP contribution in [-0.2, 0) is 0 Å². The van der Waals surface area contributed by atoms with Gasteiger partial charge in [-0.1, -0.05) is 22.9 Å². The van der Waals surface area contributed by atoms with E-state index in [1.807, 2.05) is 24.3 Å². The fraction of sp³-hybridized carbons (Fsp3) is 0.375. The van der Waals surface area contributed by atoms with Crippen LogP contribution in [0.3, 0.4) is 0 Å². The molecule has 1 aliphatic heterocycles. The van der Waals surface area contributed by atoms with E-state index in [2.05, 4.69) is 47.9 Å². The van der Waals surface area contributed by atoms with E-state index in [1.54, 1.807) is 6.33 Å². The van der Waals surface area contributed by atoms with Crippen molar-refractivity contribution >= 4 is 38.9 Å². The van der Waals surface area contributed by atoms with Gasteiger partial charge < -0.3 is 20.9 Å². The van der Waals surface area contributed by atoms with E-state index in [-0.39, 0.29) is 0 Å². The summed E-state index contributed by atoms with van der Waals surface area (Å²) in [6.07, 6.45) is 1.57. The molecule has 1 saturated heterocycles. The Bertz CT molecular complexity index is 652. The molecule has 0 aliphatic carbocycles. The molecule has 3 rings (SSSR count). The van der Waals surface area contributed by atoms with Crippen LogP contribution in [0, 0.1) is 0 Å². The third kappa shape index (κ3) is 3.73. The molecule has 3 N–H and O–H groups in total. The molecule has 0 amide bonds. The Hall–Kier alpha value is -1.86. The van der Waals surface area contributed by atoms with Crippen LogP contribution < -0.4 is 16.0 Å². The molecule has 0 spiro atoms. The Morgan fingerprint density at radius 2 is 1.83 bits per heavy atom. The maximum Gasteiger partial charge on any atom is 0.159 e. The number of piperazine rings is 1. The normalized spacial score (nSPS) is 15.7. The number of hydrogen-bond acceptors (Lipinski definition) is 6. The lowest BCUT2D eigenvalue weighted by molar-refractivity contribution is 0.270. The van der Waals surface area contributed by atoms with Gasteiger partial charge in [0.25, 0.3) is 0 Å². The van der Waals surface area contributed by atoms with Crippen molar-refractivity contribution in [2.24, 2.45) is 0 Å². The fourth-order valence-electron chi connectivity index (χ4n) is 2.68. The number of likely N-dealkylation sites (N-methyl/N-ethyl adjacent to an activating group) is 1. The summed E-state index contributed by atoms with van der Waals surface area (Å²) in [6, 6.07) is 7.91. The summed E-state index contributed by atoms with van der Waals surface area (Å²) in [5.41, 5.74) is 7.85. The third-order valence-corrected chi connectivity index (χ3v) is 4.62. The highest BCUT2D eigenvalue weighted by Gasteiger charge is 2.20. The number of halogens is 1. The average molecular weight is 377 g/mol. The predicted molar refractivity (Wildman–Crippen MR) is 98.2 cm³/mol. The van der Waals surface area contributed by atoms with Gasteiger partial charge in [0.15, 0.2) is 11.6 Å². The van der Waals surface area contributed by atoms with Gasteiger partial charge in [0.2, 0.25) is 0 Å². The van der Waals surface area contributed by atoms with Crippen LogP contribution in [0.25, 0.3) is 0 Å². The monoisotopic (exact) mass is 376 g/mol. The van der Waals surface area contributed by atoms with Crippen molar-refractivity contribution in [1.82, 2.24) is 14.9 Å². The standard InChI is InChI=1S/C16H21BrN6/c1-2-22-7-9-23(10-8-22)16-14(18)15(19-11-20-16)21-13-5-3-12(17)4-6-13/h3-6,11H,2,7-10,18H2,1H3,(H,19,20,21). The van der Waals surface area contributed by atoms with Gasteiger partial charge in [-0.2, -0.15) is 0 Å². The highest BCUT2D eigenvalue weighted by atomic mass is 79.9. The van der Waals surface area contributed by atoms with Gasteiger partial charge in [-0.05, 0) is 30.8 Å². The molecule has 0 unspecified atom stereocenters. The predicted octanol–water partition coefficient (Wildman–Crippen LogP) is 2.71. The van der Waals surface area contributed by atoms with Crippen LogP contribution in [-0.4, -0.2) is 47.6 Å². The molecule has 1 fully saturated rings. The van der Waals surface area contributed by atoms with Crippen molar-refractivity contribution < 1.29 is 0 Å². The molecule has 23 heavy (non-hydrogen) atoms. The maximum atomic E-state index is 6.31. The molecule has 2 aromatic rings. The minimum atomic E-state index is 0.598. The Morgan fingerprint density at radius 1 is 1.13 bits per heavy atom. The Balaban J connectivity index is 1.77. The summed E-state index contributed by atoms with van der Waals surface area (Å²) in [5.74, 6) is 1.46. The first-order valence-electron chi connectivity index (χ1n) is 7.77. The first-order valence-corrected chi connectivity index (χ1v) is 8.57. The number of benzene rings is 1. The molecule has 0 bridgehead atoms. The summed E-state index contributed by atoms with van der Waals surface area (Å²) in [4.78, 5) is 13.3. The number of anilines is 4. The number of aromatic nitrogens is 2. The van der Waals surface area contributed by atoms with Crippen LogP contribution in [0.2, 0.25) is 0 Å². The highest BCUT2D eigenvalue weighted by Crippen LogP contribution is 2.29. The summed E-state index contributed by atoms with van der Waals surface area (Å²) >= 11 is 3.43. The quantitative estimate of drug-likeness (QED) is 0.854. The second-order valence-electron chi connectivity index (χ2n) is 5.51. The molecule has 1 aromatic carbocycles. The molecule has 122 valence electrons. The van der Waals surface area contributed by atoms with Crippen LogP contribution in [0.5, 0.6) is 0 Å². The van der Waals surface area contributed by atoms with Gasteiger partial charge >= 0.3 is 0 Å². The van der Waals surface area contributed by atoms with Crippen LogP contribution in [0.15, 0.2) is 35.1 Å². The van der Waals surface area contributed by atoms with Gasteiger partial charge in [0, 0.05) is 36.3 Å². The summed E-state index contributed by atoms with van der Waals surface area (Å²) in [5, 5.41) is 3.26. The molecule has 7 heteroatoms. The van der Waals surface area contributed by atoms with Gasteiger partial charge in [0.05, 0.1) is 0 Å². The number of hydrogen-bond donors (Lipinski definition) is 2. The molecule has 6 nitrogen and oxygen atoms in total. The zero-order valence-electron chi connectivity index (χ0n) is 13.2. The van der Waals surface area contributed by atoms with Gasteiger partial charge in [-0.15, -0.1) is 0 Å². The maximum absolute atomic E-state index is 6.31. The van der Waals surface area contributed by atoms with Crippen molar-refractivity contribution in [3.8, 4) is 0 Å². The molecule has 0 saturated carbocycles. The van der Waals surface area contributed by atoms with Crippen LogP contribution in [0.4, 0.5) is 23.0 Å². The van der Waals surface area contributed by atoms with Crippen LogP contribution >= 0.6 is 15.9 Å². The molecule has 0 atom stereocenters. The number of nitrogens with zero attached hydrogens (tertiary/aromatic N) is 4. The number of rotatable bonds is 4. The van der Waals surface area contributed by atoms with E-state index in [9.17, 15) is 0 Å². The number of nitrogens with two attached hydrogens (primary N) is 1. The summed E-state index contributed by atoms with van der Waals surface area (Å²) in [6.45, 7) is 7.23. The van der Waals surface area contributed by atoms with Crippen molar-refractivity contribution in [1.29, 1.82) is 0 Å². The van der Waals surface area contributed by atoms with Crippen molar-refractivity contribution in [3.05, 3.63) is 35.1 Å². The molecular weight excluding hydrogens is 356 g/mol. The SMILES string of the molecule is CCN1CCN(c2ncnc(Nc3ccc(Br)cc3)c2N)CC1. The zero-order chi connectivity index (χ0) is 16.2. The van der Waals surface area contributed by atoms with Crippen molar-refractivity contribution in [2.75, 3.05) is 48.7 Å². The summed E-state index contributed by atoms with van der Waals surface area (Å²) < 4.78 is 1.04. The fourth-order valence-corrected chi connectivity index (χ4v) is 2.95. The Kier molecular flexibility index (Phi) is 4.97. The molecule has 0 radical (unpaired) electrons. The van der Waals surface area contributed by atoms with E-state index in [4.69, 9.17) is 5.73 Å². The van der Waals surface area contributed by atoms with E-state index < -0.39 is 0 Å². The lowest BCUT2D eigenvalue weighted by atomic mass is 10.3. The minimum Gasteiger partial charge on any atom is -0.393 e. The smallest absolute Gasteiger partial charge is 0.159 e. The number of nitrogen functional groups attached to an aromatic ring is 1. The third-order valence-electron chi connectivity index (χ3n) is 4.09. The van der Waals surface area contributed by atoms with E-state index in [0.717, 1.165) is 48.7 Å². The van der Waals surface area contributed by atoms with Gasteiger partial charge in [-0.25, -0.2) is 9.97 Å². The van der Waals surface area contributed by atoms with Gasteiger partial charge in [0.1, 0.15) is 12.0 Å². The van der Waals surface area contributed by atoms with Gasteiger partial charge in [-0.3, -0.25) is 0 Å². The van der Waals surface area contributed by atoms with E-state index in [1.165, 1.54) is 0 Å². The van der Waals surface area contributed by atoms with E-state index >= 15 is 0 Å². The molecular formula is C16H21BrN6. The van der Waals surface area contributed by atoms with Crippen LogP contribution in [0.1, 0.15) is 6.92 Å². The minimum absolute atomic E-state index is 0.598. The first-order chi connectivity index (χ1) is 11.2. The Labute approximate surface area is 144 Å². The molecule has 2 heterocycles. The highest BCUT2D eigenvalue weighted by molar-refractivity contribution is 9.10. The zero-order valence-corrected chi connectivity index (χ0v) is 14.8. The summed E-state index contributed by atoms with van der Waals surface area (Å²) in [7, 11) is 0. The first kappa shape index (κ1) is 16.0. The second-order valence-corrected chi connectivity index (χ2v) is 6.43. The van der Waals surface area contributed by atoms with Crippen molar-refractivity contribution in [3.63, 3.8) is 0 Å². The lowest BCUT2D eigenvalue weighted by Gasteiger charge is -2.35. The molecule has 1 aliphatic rings. The molecule has 1 aromatic heterocycles. The lowest BCUT2D eigenvalue weighted by Crippen LogP contribution is -2.46. The largest absolute Gasteiger partial charge is 0.393 e. The van der Waals surface area contributed by atoms with Crippen molar-refractivity contribution in [2.45, 2.75) is 6.92 Å². The second kappa shape index (κ2) is 7.14. The number of nitrogens with one attached hydrogen (secondary N) is 1. The van der Waals surface area contributed by atoms with E-state index in [0.29, 0.717) is 11.5 Å². The average Bonchev–Trinajstić information content (AvgIpc) is 2.59.